The van der Waals surface area contributed by atoms with Crippen molar-refractivity contribution >= 4 is 17.3 Å². The second-order valence-electron chi connectivity index (χ2n) is 0.811. The highest BCUT2D eigenvalue weighted by Crippen LogP contribution is 2.16. The molecule has 1 rings (SSSR count). The lowest BCUT2D eigenvalue weighted by Gasteiger charge is -1.91. The minimum atomic E-state index is 0.452. The van der Waals surface area contributed by atoms with Gasteiger partial charge in [-0.2, -0.15) is 0 Å². The van der Waals surface area contributed by atoms with Crippen LogP contribution in [-0.4, -0.2) is 9.19 Å². The van der Waals surface area contributed by atoms with Crippen LogP contribution in [-0.2, 0) is 0 Å². The predicted octanol–water partition coefficient (Wildman–Crippen LogP) is 0.233. The Morgan fingerprint density at radius 2 is 2.00 bits per heavy atom. The van der Waals surface area contributed by atoms with Crippen LogP contribution in [0.25, 0.3) is 0 Å². The van der Waals surface area contributed by atoms with E-state index in [2.05, 4.69) is 11.5 Å². The molecule has 0 fully saturated rings. The average Bonchev–Trinajstić information content (AvgIpc) is 0.722. The Hall–Kier alpha value is 0.387. The van der Waals surface area contributed by atoms with Gasteiger partial charge in [0, 0.05) is 0 Å². The van der Waals surface area contributed by atoms with Crippen LogP contribution in [0.2, 0.25) is 0 Å². The third-order valence-electron chi connectivity index (χ3n) is 0.471. The van der Waals surface area contributed by atoms with Crippen LogP contribution in [0, 0.1) is 0 Å². The first-order valence-electron chi connectivity index (χ1n) is 1.38. The van der Waals surface area contributed by atoms with E-state index in [-0.39, 0.29) is 0 Å². The standard InChI is InChI=1S/C2H5PSi/c1-2-4-3-1/h1-3H,4H2. The Morgan fingerprint density at radius 1 is 1.75 bits per heavy atom. The first kappa shape index (κ1) is 2.61. The third kappa shape index (κ3) is 0.239. The molecule has 1 atom stereocenters. The molecule has 0 N–H and O–H groups in total. The summed E-state index contributed by atoms with van der Waals surface area (Å²) in [6, 6.07) is 0. The number of hydrogen-bond donors (Lipinski definition) is 0. The van der Waals surface area contributed by atoms with Gasteiger partial charge >= 0.3 is 0 Å². The van der Waals surface area contributed by atoms with Crippen molar-refractivity contribution in [2.45, 2.75) is 0 Å². The molecular weight excluding hydrogens is 83.1 g/mol. The maximum absolute atomic E-state index is 2.33. The summed E-state index contributed by atoms with van der Waals surface area (Å²) in [5.41, 5.74) is 2.33. The maximum atomic E-state index is 2.33. The summed E-state index contributed by atoms with van der Waals surface area (Å²) < 4.78 is 0. The normalized spacial score (nSPS) is 32.0. The fourth-order valence-corrected chi connectivity index (χ4v) is 1.06. The van der Waals surface area contributed by atoms with Gasteiger partial charge in [-0.25, -0.2) is 0 Å². The van der Waals surface area contributed by atoms with E-state index in [0.29, 0.717) is 9.19 Å². The van der Waals surface area contributed by atoms with Crippen molar-refractivity contribution in [2.24, 2.45) is 0 Å². The van der Waals surface area contributed by atoms with Gasteiger partial charge in [-0.3, -0.25) is 0 Å². The smallest absolute Gasteiger partial charge is 0.0736 e. The fourth-order valence-electron chi connectivity index (χ4n) is 0.118. The lowest BCUT2D eigenvalue weighted by atomic mass is 11.2. The second kappa shape index (κ2) is 1.00. The van der Waals surface area contributed by atoms with Crippen molar-refractivity contribution in [3.05, 3.63) is 11.5 Å². The Kier molecular flexibility index (Phi) is 0.655. The van der Waals surface area contributed by atoms with Crippen molar-refractivity contribution < 1.29 is 0 Å². The van der Waals surface area contributed by atoms with E-state index in [1.165, 1.54) is 8.13 Å². The van der Waals surface area contributed by atoms with Crippen molar-refractivity contribution in [2.75, 3.05) is 0 Å². The Balaban J connectivity index is 2.47. The SMILES string of the molecule is C1=CP[SiH2]1. The maximum Gasteiger partial charge on any atom is 0.0736 e. The lowest BCUT2D eigenvalue weighted by molar-refractivity contribution is 2.45. The summed E-state index contributed by atoms with van der Waals surface area (Å²) in [5.74, 6) is 2.27. The molecule has 0 saturated carbocycles. The van der Waals surface area contributed by atoms with E-state index in [0.717, 1.165) is 0 Å². The van der Waals surface area contributed by atoms with E-state index in [4.69, 9.17) is 0 Å². The summed E-state index contributed by atoms with van der Waals surface area (Å²) >= 11 is 0. The Bertz CT molecular complexity index is 35.3. The van der Waals surface area contributed by atoms with Gasteiger partial charge in [0.2, 0.25) is 0 Å². The Morgan fingerprint density at radius 3 is 2.00 bits per heavy atom. The quantitative estimate of drug-likeness (QED) is 0.294. The first-order valence-corrected chi connectivity index (χ1v) is 5.61. The molecule has 0 amide bonds. The molecule has 0 radical (unpaired) electrons. The van der Waals surface area contributed by atoms with Gasteiger partial charge in [0.25, 0.3) is 0 Å². The average molecular weight is 88.1 g/mol. The minimum absolute atomic E-state index is 0.452. The lowest BCUT2D eigenvalue weighted by Crippen LogP contribution is -1.74. The molecule has 0 nitrogen and oxygen atoms in total. The topological polar surface area (TPSA) is 0 Å². The molecule has 1 unspecified atom stereocenters. The molecule has 0 aliphatic carbocycles. The van der Waals surface area contributed by atoms with E-state index in [1.807, 2.05) is 0 Å². The zero-order chi connectivity index (χ0) is 2.83. The summed E-state index contributed by atoms with van der Waals surface area (Å²) in [4.78, 5) is 0. The van der Waals surface area contributed by atoms with Gasteiger partial charge in [-0.15, -0.1) is 8.13 Å². The highest BCUT2D eigenvalue weighted by molar-refractivity contribution is 7.77. The van der Waals surface area contributed by atoms with Crippen LogP contribution in [0.3, 0.4) is 0 Å². The monoisotopic (exact) mass is 88.0 g/mol. The largest absolute Gasteiger partial charge is 0.114 e. The van der Waals surface area contributed by atoms with Crippen LogP contribution in [0.1, 0.15) is 0 Å². The summed E-state index contributed by atoms with van der Waals surface area (Å²) in [5, 5.41) is 0. The molecule has 1 aliphatic heterocycles. The molecule has 0 bridgehead atoms. The Labute approximate surface area is 29.7 Å². The van der Waals surface area contributed by atoms with Gasteiger partial charge in [0.15, 0.2) is 0 Å². The predicted molar refractivity (Wildman–Crippen MR) is 26.0 cm³/mol. The first-order chi connectivity index (χ1) is 2.00. The zero-order valence-corrected chi connectivity index (χ0v) is 4.78. The van der Waals surface area contributed by atoms with Crippen LogP contribution in [0.4, 0.5) is 0 Å². The van der Waals surface area contributed by atoms with E-state index >= 15 is 0 Å². The molecule has 2 heteroatoms. The molecule has 4 heavy (non-hydrogen) atoms. The highest BCUT2D eigenvalue weighted by Gasteiger charge is 1.82. The highest BCUT2D eigenvalue weighted by atomic mass is 31.3. The van der Waals surface area contributed by atoms with Gasteiger partial charge in [0.1, 0.15) is 0 Å². The molecular formula is C2H5PSi. The molecule has 0 aromatic heterocycles. The zero-order valence-electron chi connectivity index (χ0n) is 2.36. The fraction of sp³-hybridized carbons (Fsp3) is 0. The molecule has 1 aliphatic rings. The molecule has 22 valence electrons. The van der Waals surface area contributed by atoms with Gasteiger partial charge in [-0.1, -0.05) is 11.5 Å². The summed E-state index contributed by atoms with van der Waals surface area (Å²) in [6.45, 7) is 0. The van der Waals surface area contributed by atoms with Crippen LogP contribution >= 0.6 is 8.13 Å². The van der Waals surface area contributed by atoms with E-state index in [1.54, 1.807) is 0 Å². The van der Waals surface area contributed by atoms with E-state index in [9.17, 15) is 0 Å². The van der Waals surface area contributed by atoms with Gasteiger partial charge < -0.3 is 0 Å². The third-order valence-corrected chi connectivity index (χ3v) is 4.24. The summed E-state index contributed by atoms with van der Waals surface area (Å²) in [7, 11) is 1.73. The summed E-state index contributed by atoms with van der Waals surface area (Å²) in [6.07, 6.45) is 0. The molecule has 0 aromatic rings. The van der Waals surface area contributed by atoms with Crippen molar-refractivity contribution in [1.82, 2.24) is 0 Å². The van der Waals surface area contributed by atoms with Crippen LogP contribution in [0.15, 0.2) is 11.5 Å². The van der Waals surface area contributed by atoms with Crippen molar-refractivity contribution in [3.63, 3.8) is 0 Å². The van der Waals surface area contributed by atoms with Gasteiger partial charge in [-0.05, 0) is 0 Å². The van der Waals surface area contributed by atoms with E-state index < -0.39 is 0 Å². The van der Waals surface area contributed by atoms with Crippen molar-refractivity contribution in [1.29, 1.82) is 0 Å². The van der Waals surface area contributed by atoms with Crippen molar-refractivity contribution in [3.8, 4) is 0 Å². The number of rotatable bonds is 0. The number of hydrogen-bond acceptors (Lipinski definition) is 0. The minimum Gasteiger partial charge on any atom is -0.114 e. The van der Waals surface area contributed by atoms with Crippen LogP contribution < -0.4 is 0 Å². The van der Waals surface area contributed by atoms with Crippen LogP contribution in [0.5, 0.6) is 0 Å². The molecule has 1 heterocycles. The van der Waals surface area contributed by atoms with Gasteiger partial charge in [0.05, 0.1) is 9.19 Å². The molecule has 0 saturated heterocycles. The molecule has 0 spiro atoms. The molecule has 0 aromatic carbocycles. The second-order valence-corrected chi connectivity index (χ2v) is 4.88.